The third-order valence-electron chi connectivity index (χ3n) is 4.18. The largest absolute Gasteiger partial charge is 0.508 e. The standard InChI is InChI=1S/C23H21FN2O5/c1-2-30-22-11-16(5-10-21(22)31-14-15-3-6-17(24)7-4-15)13-25-26-23(29)19-12-18(27)8-9-20(19)28/h3-13,27-28H,2,14H2,1H3,(H,26,29). The van der Waals surface area contributed by atoms with Crippen LogP contribution in [0.25, 0.3) is 0 Å². The second kappa shape index (κ2) is 10.1. The fraction of sp³-hybridized carbons (Fsp3) is 0.130. The molecular formula is C23H21FN2O5. The van der Waals surface area contributed by atoms with Gasteiger partial charge in [0, 0.05) is 0 Å². The van der Waals surface area contributed by atoms with Gasteiger partial charge in [-0.3, -0.25) is 4.79 Å². The molecule has 0 radical (unpaired) electrons. The summed E-state index contributed by atoms with van der Waals surface area (Å²) in [6, 6.07) is 14.8. The van der Waals surface area contributed by atoms with Crippen molar-refractivity contribution in [2.75, 3.05) is 6.61 Å². The molecule has 3 aromatic rings. The average Bonchev–Trinajstić information content (AvgIpc) is 2.76. The number of benzene rings is 3. The number of carbonyl (C=O) groups excluding carboxylic acids is 1. The zero-order valence-electron chi connectivity index (χ0n) is 16.7. The van der Waals surface area contributed by atoms with Crippen molar-refractivity contribution in [2.45, 2.75) is 13.5 Å². The molecule has 8 heteroatoms. The minimum atomic E-state index is -0.672. The number of hydrogen-bond acceptors (Lipinski definition) is 6. The summed E-state index contributed by atoms with van der Waals surface area (Å²) < 4.78 is 24.4. The molecule has 0 unspecified atom stereocenters. The van der Waals surface area contributed by atoms with Crippen molar-refractivity contribution in [3.05, 3.63) is 83.2 Å². The minimum absolute atomic E-state index is 0.100. The first-order valence-electron chi connectivity index (χ1n) is 9.45. The predicted octanol–water partition coefficient (Wildman–Crippen LogP) is 3.98. The van der Waals surface area contributed by atoms with Gasteiger partial charge in [0.2, 0.25) is 0 Å². The highest BCUT2D eigenvalue weighted by atomic mass is 19.1. The van der Waals surface area contributed by atoms with E-state index in [1.165, 1.54) is 30.5 Å². The Morgan fingerprint density at radius 1 is 1.03 bits per heavy atom. The Labute approximate surface area is 178 Å². The summed E-state index contributed by atoms with van der Waals surface area (Å²) in [6.07, 6.45) is 1.41. The number of ether oxygens (including phenoxy) is 2. The van der Waals surface area contributed by atoms with Crippen LogP contribution in [0.5, 0.6) is 23.0 Å². The Morgan fingerprint density at radius 2 is 1.81 bits per heavy atom. The quantitative estimate of drug-likeness (QED) is 0.289. The zero-order chi connectivity index (χ0) is 22.2. The number of rotatable bonds is 8. The van der Waals surface area contributed by atoms with Gasteiger partial charge in [0.25, 0.3) is 5.91 Å². The smallest absolute Gasteiger partial charge is 0.275 e. The summed E-state index contributed by atoms with van der Waals surface area (Å²) in [5.41, 5.74) is 3.64. The van der Waals surface area contributed by atoms with E-state index in [1.807, 2.05) is 6.92 Å². The summed E-state index contributed by atoms with van der Waals surface area (Å²) in [6.45, 7) is 2.50. The topological polar surface area (TPSA) is 100 Å². The lowest BCUT2D eigenvalue weighted by Crippen LogP contribution is -2.17. The number of hydrogen-bond donors (Lipinski definition) is 3. The fourth-order valence-electron chi connectivity index (χ4n) is 2.67. The van der Waals surface area contributed by atoms with Gasteiger partial charge in [-0.25, -0.2) is 9.82 Å². The molecule has 31 heavy (non-hydrogen) atoms. The number of phenols is 2. The first-order valence-corrected chi connectivity index (χ1v) is 9.45. The molecular weight excluding hydrogens is 403 g/mol. The molecule has 0 fully saturated rings. The van der Waals surface area contributed by atoms with Gasteiger partial charge in [-0.1, -0.05) is 12.1 Å². The highest BCUT2D eigenvalue weighted by molar-refractivity contribution is 5.97. The molecule has 0 atom stereocenters. The lowest BCUT2D eigenvalue weighted by atomic mass is 10.2. The van der Waals surface area contributed by atoms with Crippen molar-refractivity contribution in [3.8, 4) is 23.0 Å². The van der Waals surface area contributed by atoms with Crippen molar-refractivity contribution in [1.82, 2.24) is 5.43 Å². The summed E-state index contributed by atoms with van der Waals surface area (Å²) in [5, 5.41) is 23.0. The van der Waals surface area contributed by atoms with E-state index in [2.05, 4.69) is 10.5 Å². The van der Waals surface area contributed by atoms with E-state index in [0.29, 0.717) is 23.7 Å². The Balaban J connectivity index is 1.67. The third kappa shape index (κ3) is 5.96. The van der Waals surface area contributed by atoms with Gasteiger partial charge >= 0.3 is 0 Å². The van der Waals surface area contributed by atoms with Gasteiger partial charge in [0.05, 0.1) is 18.4 Å². The minimum Gasteiger partial charge on any atom is -0.508 e. The van der Waals surface area contributed by atoms with E-state index < -0.39 is 5.91 Å². The molecule has 0 bridgehead atoms. The summed E-state index contributed by atoms with van der Waals surface area (Å²) >= 11 is 0. The second-order valence-electron chi connectivity index (χ2n) is 6.45. The number of carbonyl (C=O) groups is 1. The molecule has 3 N–H and O–H groups in total. The molecule has 0 heterocycles. The monoisotopic (exact) mass is 424 g/mol. The molecule has 0 spiro atoms. The molecule has 0 aliphatic heterocycles. The van der Waals surface area contributed by atoms with Gasteiger partial charge in [0.15, 0.2) is 11.5 Å². The normalized spacial score (nSPS) is 10.8. The van der Waals surface area contributed by atoms with Crippen LogP contribution < -0.4 is 14.9 Å². The van der Waals surface area contributed by atoms with Crippen LogP contribution in [0.4, 0.5) is 4.39 Å². The lowest BCUT2D eigenvalue weighted by molar-refractivity contribution is 0.0952. The van der Waals surface area contributed by atoms with Crippen LogP contribution in [-0.4, -0.2) is 28.9 Å². The van der Waals surface area contributed by atoms with Crippen LogP contribution in [0.2, 0.25) is 0 Å². The number of nitrogens with zero attached hydrogens (tertiary/aromatic N) is 1. The van der Waals surface area contributed by atoms with Crippen molar-refractivity contribution < 1.29 is 28.9 Å². The van der Waals surface area contributed by atoms with E-state index in [-0.39, 0.29) is 29.5 Å². The Morgan fingerprint density at radius 3 is 2.55 bits per heavy atom. The first-order chi connectivity index (χ1) is 15.0. The number of phenolic OH excluding ortho intramolecular Hbond substituents is 2. The summed E-state index contributed by atoms with van der Waals surface area (Å²) in [4.78, 5) is 12.1. The van der Waals surface area contributed by atoms with E-state index >= 15 is 0 Å². The van der Waals surface area contributed by atoms with Gasteiger partial charge < -0.3 is 19.7 Å². The number of aromatic hydroxyl groups is 2. The lowest BCUT2D eigenvalue weighted by Gasteiger charge is -2.12. The fourth-order valence-corrected chi connectivity index (χ4v) is 2.67. The second-order valence-corrected chi connectivity index (χ2v) is 6.45. The average molecular weight is 424 g/mol. The van der Waals surface area contributed by atoms with Crippen LogP contribution in [0.3, 0.4) is 0 Å². The van der Waals surface area contributed by atoms with Crippen molar-refractivity contribution in [2.24, 2.45) is 5.10 Å². The van der Waals surface area contributed by atoms with Crippen LogP contribution in [0, 0.1) is 5.82 Å². The van der Waals surface area contributed by atoms with Gasteiger partial charge in [0.1, 0.15) is 23.9 Å². The predicted molar refractivity (Wildman–Crippen MR) is 113 cm³/mol. The molecule has 1 amide bonds. The van der Waals surface area contributed by atoms with E-state index in [9.17, 15) is 19.4 Å². The molecule has 0 aliphatic rings. The Kier molecular flexibility index (Phi) is 7.05. The number of amides is 1. The SMILES string of the molecule is CCOc1cc(C=NNC(=O)c2cc(O)ccc2O)ccc1OCc1ccc(F)cc1. The highest BCUT2D eigenvalue weighted by Gasteiger charge is 2.11. The van der Waals surface area contributed by atoms with Gasteiger partial charge in [-0.2, -0.15) is 5.10 Å². The van der Waals surface area contributed by atoms with Crippen LogP contribution in [-0.2, 0) is 6.61 Å². The van der Waals surface area contributed by atoms with E-state index in [0.717, 1.165) is 11.6 Å². The number of nitrogens with one attached hydrogen (secondary N) is 1. The maximum Gasteiger partial charge on any atom is 0.275 e. The van der Waals surface area contributed by atoms with Crippen LogP contribution >= 0.6 is 0 Å². The molecule has 0 aliphatic carbocycles. The molecule has 3 aromatic carbocycles. The maximum absolute atomic E-state index is 13.0. The van der Waals surface area contributed by atoms with Crippen LogP contribution in [0.1, 0.15) is 28.4 Å². The maximum atomic E-state index is 13.0. The Hall–Kier alpha value is -4.07. The van der Waals surface area contributed by atoms with Crippen molar-refractivity contribution in [1.29, 1.82) is 0 Å². The molecule has 0 saturated heterocycles. The van der Waals surface area contributed by atoms with Gasteiger partial charge in [-0.05, 0) is 66.6 Å². The van der Waals surface area contributed by atoms with Crippen molar-refractivity contribution in [3.63, 3.8) is 0 Å². The third-order valence-corrected chi connectivity index (χ3v) is 4.18. The molecule has 160 valence electrons. The van der Waals surface area contributed by atoms with Crippen molar-refractivity contribution >= 4 is 12.1 Å². The van der Waals surface area contributed by atoms with E-state index in [1.54, 1.807) is 30.3 Å². The van der Waals surface area contributed by atoms with E-state index in [4.69, 9.17) is 9.47 Å². The molecule has 0 aromatic heterocycles. The zero-order valence-corrected chi connectivity index (χ0v) is 16.7. The molecule has 3 rings (SSSR count). The highest BCUT2D eigenvalue weighted by Crippen LogP contribution is 2.29. The molecule has 7 nitrogen and oxygen atoms in total. The molecule has 0 saturated carbocycles. The summed E-state index contributed by atoms with van der Waals surface area (Å²) in [7, 11) is 0. The Bertz CT molecular complexity index is 1080. The summed E-state index contributed by atoms with van der Waals surface area (Å²) in [5.74, 6) is -0.401. The van der Waals surface area contributed by atoms with Crippen LogP contribution in [0.15, 0.2) is 65.8 Å². The number of halogens is 1. The van der Waals surface area contributed by atoms with Gasteiger partial charge in [-0.15, -0.1) is 0 Å². The number of hydrazone groups is 1. The first kappa shape index (κ1) is 21.6.